The van der Waals surface area contributed by atoms with Gasteiger partial charge in [0.15, 0.2) is 5.82 Å². The number of carbonyl (C=O) groups is 1. The van der Waals surface area contributed by atoms with Crippen LogP contribution in [-0.2, 0) is 11.2 Å². The van der Waals surface area contributed by atoms with Gasteiger partial charge in [0.2, 0.25) is 0 Å². The highest BCUT2D eigenvalue weighted by atomic mass is 16.5. The van der Waals surface area contributed by atoms with E-state index in [1.807, 2.05) is 42.5 Å². The molecule has 0 aliphatic rings. The second kappa shape index (κ2) is 8.25. The van der Waals surface area contributed by atoms with Crippen LogP contribution in [-0.4, -0.2) is 29.7 Å². The maximum absolute atomic E-state index is 11.7. The molecule has 5 heteroatoms. The summed E-state index contributed by atoms with van der Waals surface area (Å²) in [5.74, 6) is 1.14. The van der Waals surface area contributed by atoms with Crippen LogP contribution >= 0.6 is 0 Å². The van der Waals surface area contributed by atoms with Gasteiger partial charge in [-0.05, 0) is 42.8 Å². The van der Waals surface area contributed by atoms with E-state index in [1.165, 1.54) is 0 Å². The van der Waals surface area contributed by atoms with Crippen LogP contribution in [0.5, 0.6) is 5.75 Å². The number of hydrogen-bond acceptors (Lipinski definition) is 5. The molecule has 3 rings (SSSR count). The monoisotopic (exact) mass is 348 g/mol. The number of methoxy groups -OCH3 is 1. The largest absolute Gasteiger partial charge is 0.497 e. The average Bonchev–Trinajstić information content (AvgIpc) is 2.69. The lowest BCUT2D eigenvalue weighted by Crippen LogP contribution is -2.04. The molecule has 0 spiro atoms. The molecule has 0 saturated heterocycles. The average molecular weight is 348 g/mol. The van der Waals surface area contributed by atoms with E-state index in [4.69, 9.17) is 9.47 Å². The molecule has 3 aromatic rings. The summed E-state index contributed by atoms with van der Waals surface area (Å²) in [5, 5.41) is 0. The molecule has 0 N–H and O–H groups in total. The second-order valence-corrected chi connectivity index (χ2v) is 5.69. The van der Waals surface area contributed by atoms with Gasteiger partial charge in [0.05, 0.1) is 19.3 Å². The lowest BCUT2D eigenvalue weighted by atomic mass is 10.1. The molecule has 1 heterocycles. The zero-order valence-electron chi connectivity index (χ0n) is 14.8. The molecule has 132 valence electrons. The van der Waals surface area contributed by atoms with E-state index >= 15 is 0 Å². The summed E-state index contributed by atoms with van der Waals surface area (Å²) in [6.07, 6.45) is 2.46. The Morgan fingerprint density at radius 2 is 1.73 bits per heavy atom. The highest BCUT2D eigenvalue weighted by molar-refractivity contribution is 5.89. The van der Waals surface area contributed by atoms with Gasteiger partial charge in [0.25, 0.3) is 0 Å². The number of aromatic nitrogens is 2. The summed E-state index contributed by atoms with van der Waals surface area (Å²) < 4.78 is 10.2. The van der Waals surface area contributed by atoms with Crippen molar-refractivity contribution >= 4 is 5.97 Å². The van der Waals surface area contributed by atoms with Crippen molar-refractivity contribution in [1.29, 1.82) is 0 Å². The van der Waals surface area contributed by atoms with Gasteiger partial charge in [0.1, 0.15) is 5.75 Å². The van der Waals surface area contributed by atoms with Crippen LogP contribution in [0.1, 0.15) is 28.5 Å². The Kier molecular flexibility index (Phi) is 5.59. The van der Waals surface area contributed by atoms with Crippen molar-refractivity contribution in [2.45, 2.75) is 13.3 Å². The topological polar surface area (TPSA) is 61.3 Å². The molecule has 26 heavy (non-hydrogen) atoms. The van der Waals surface area contributed by atoms with Crippen molar-refractivity contribution in [1.82, 2.24) is 9.97 Å². The molecule has 5 nitrogen and oxygen atoms in total. The summed E-state index contributed by atoms with van der Waals surface area (Å²) in [4.78, 5) is 20.7. The van der Waals surface area contributed by atoms with Crippen LogP contribution in [0.25, 0.3) is 11.4 Å². The summed E-state index contributed by atoms with van der Waals surface area (Å²) in [7, 11) is 1.65. The molecule has 0 bridgehead atoms. The van der Waals surface area contributed by atoms with Crippen LogP contribution in [0.4, 0.5) is 0 Å². The first-order chi connectivity index (χ1) is 12.7. The van der Waals surface area contributed by atoms with Gasteiger partial charge >= 0.3 is 5.97 Å². The van der Waals surface area contributed by atoms with Gasteiger partial charge in [-0.25, -0.2) is 14.8 Å². The van der Waals surface area contributed by atoms with Gasteiger partial charge in [0, 0.05) is 23.9 Å². The molecule has 0 saturated carbocycles. The van der Waals surface area contributed by atoms with E-state index in [0.717, 1.165) is 22.6 Å². The Bertz CT molecular complexity index is 875. The van der Waals surface area contributed by atoms with Crippen molar-refractivity contribution in [3.63, 3.8) is 0 Å². The molecule has 1 aromatic heterocycles. The standard InChI is InChI=1S/C21H20N2O3/c1-3-26-21(24)17-8-6-16(7-9-17)20-22-13-12-18(23-20)14-15-4-10-19(25-2)11-5-15/h4-13H,3,14H2,1-2H3. The number of carbonyl (C=O) groups excluding carboxylic acids is 1. The first-order valence-corrected chi connectivity index (χ1v) is 8.42. The van der Waals surface area contributed by atoms with Crippen LogP contribution in [0.3, 0.4) is 0 Å². The maximum Gasteiger partial charge on any atom is 0.338 e. The van der Waals surface area contributed by atoms with E-state index in [9.17, 15) is 4.79 Å². The van der Waals surface area contributed by atoms with Gasteiger partial charge in [-0.2, -0.15) is 0 Å². The summed E-state index contributed by atoms with van der Waals surface area (Å²) in [5.41, 5.74) is 3.45. The summed E-state index contributed by atoms with van der Waals surface area (Å²) >= 11 is 0. The minimum atomic E-state index is -0.326. The Balaban J connectivity index is 1.77. The zero-order chi connectivity index (χ0) is 18.4. The van der Waals surface area contributed by atoms with Gasteiger partial charge in [-0.1, -0.05) is 24.3 Å². The third-order valence-corrected chi connectivity index (χ3v) is 3.91. The molecule has 0 unspecified atom stereocenters. The van der Waals surface area contributed by atoms with E-state index in [-0.39, 0.29) is 5.97 Å². The third kappa shape index (κ3) is 4.25. The zero-order valence-corrected chi connectivity index (χ0v) is 14.8. The Hall–Kier alpha value is -3.21. The maximum atomic E-state index is 11.7. The van der Waals surface area contributed by atoms with E-state index in [2.05, 4.69) is 9.97 Å². The van der Waals surface area contributed by atoms with Gasteiger partial charge in [-0.3, -0.25) is 0 Å². The number of esters is 1. The molecular formula is C21H20N2O3. The predicted octanol–water partition coefficient (Wildman–Crippen LogP) is 3.92. The summed E-state index contributed by atoms with van der Waals surface area (Å²) in [6, 6.07) is 16.9. The molecule has 2 aromatic carbocycles. The Morgan fingerprint density at radius 3 is 2.38 bits per heavy atom. The normalized spacial score (nSPS) is 10.4. The fourth-order valence-corrected chi connectivity index (χ4v) is 2.56. The summed E-state index contributed by atoms with van der Waals surface area (Å²) in [6.45, 7) is 2.14. The van der Waals surface area contributed by atoms with Crippen molar-refractivity contribution in [2.75, 3.05) is 13.7 Å². The third-order valence-electron chi connectivity index (χ3n) is 3.91. The van der Waals surface area contributed by atoms with Gasteiger partial charge < -0.3 is 9.47 Å². The van der Waals surface area contributed by atoms with Crippen molar-refractivity contribution in [2.24, 2.45) is 0 Å². The van der Waals surface area contributed by atoms with Crippen LogP contribution in [0.15, 0.2) is 60.8 Å². The van der Waals surface area contributed by atoms with Gasteiger partial charge in [-0.15, -0.1) is 0 Å². The predicted molar refractivity (Wildman–Crippen MR) is 99.2 cm³/mol. The van der Waals surface area contributed by atoms with E-state index in [1.54, 1.807) is 32.4 Å². The smallest absolute Gasteiger partial charge is 0.338 e. The second-order valence-electron chi connectivity index (χ2n) is 5.69. The number of ether oxygens (including phenoxy) is 2. The van der Waals surface area contributed by atoms with Crippen molar-refractivity contribution in [3.05, 3.63) is 77.6 Å². The molecule has 0 radical (unpaired) electrons. The van der Waals surface area contributed by atoms with Crippen molar-refractivity contribution in [3.8, 4) is 17.1 Å². The van der Waals surface area contributed by atoms with E-state index in [0.29, 0.717) is 24.4 Å². The fraction of sp³-hybridized carbons (Fsp3) is 0.190. The number of rotatable bonds is 6. The first kappa shape index (κ1) is 17.6. The molecule has 0 atom stereocenters. The van der Waals surface area contributed by atoms with E-state index < -0.39 is 0 Å². The molecule has 0 amide bonds. The molecule has 0 fully saturated rings. The molecular weight excluding hydrogens is 328 g/mol. The number of hydrogen-bond donors (Lipinski definition) is 0. The first-order valence-electron chi connectivity index (χ1n) is 8.42. The Morgan fingerprint density at radius 1 is 1.00 bits per heavy atom. The quantitative estimate of drug-likeness (QED) is 0.632. The lowest BCUT2D eigenvalue weighted by Gasteiger charge is -2.06. The lowest BCUT2D eigenvalue weighted by molar-refractivity contribution is 0.0526. The highest BCUT2D eigenvalue weighted by Crippen LogP contribution is 2.18. The number of nitrogens with zero attached hydrogens (tertiary/aromatic N) is 2. The van der Waals surface area contributed by atoms with Crippen LogP contribution in [0, 0.1) is 0 Å². The SMILES string of the molecule is CCOC(=O)c1ccc(-c2nccc(Cc3ccc(OC)cc3)n2)cc1. The Labute approximate surface area is 152 Å². The van der Waals surface area contributed by atoms with Crippen LogP contribution < -0.4 is 4.74 Å². The highest BCUT2D eigenvalue weighted by Gasteiger charge is 2.08. The number of benzene rings is 2. The van der Waals surface area contributed by atoms with Crippen LogP contribution in [0.2, 0.25) is 0 Å². The van der Waals surface area contributed by atoms with Crippen molar-refractivity contribution < 1.29 is 14.3 Å². The molecule has 0 aliphatic carbocycles. The minimum Gasteiger partial charge on any atom is -0.497 e. The fourth-order valence-electron chi connectivity index (χ4n) is 2.56. The minimum absolute atomic E-state index is 0.326. The molecule has 0 aliphatic heterocycles.